The van der Waals surface area contributed by atoms with Crippen LogP contribution in [0.4, 0.5) is 0 Å². The minimum absolute atomic E-state index is 0.0300. The Morgan fingerprint density at radius 2 is 1.78 bits per heavy atom. The van der Waals surface area contributed by atoms with Gasteiger partial charge in [-0.2, -0.15) is 0 Å². The van der Waals surface area contributed by atoms with Gasteiger partial charge in [0.1, 0.15) is 5.76 Å². The van der Waals surface area contributed by atoms with Crippen LogP contribution in [0.3, 0.4) is 0 Å². The van der Waals surface area contributed by atoms with E-state index in [1.807, 2.05) is 19.1 Å². The molecular formula is C21H20ClNO4. The van der Waals surface area contributed by atoms with Crippen LogP contribution in [-0.2, 0) is 9.59 Å². The summed E-state index contributed by atoms with van der Waals surface area (Å²) in [4.78, 5) is 26.6. The van der Waals surface area contributed by atoms with Crippen LogP contribution >= 0.6 is 11.6 Å². The van der Waals surface area contributed by atoms with Gasteiger partial charge in [-0.15, -0.1) is 0 Å². The van der Waals surface area contributed by atoms with E-state index in [2.05, 4.69) is 0 Å². The number of carbonyl (C=O) groups is 2. The largest absolute Gasteiger partial charge is 0.507 e. The molecule has 2 aromatic rings. The second kappa shape index (κ2) is 7.55. The molecule has 1 amide bonds. The van der Waals surface area contributed by atoms with Crippen LogP contribution in [0.25, 0.3) is 5.76 Å². The highest BCUT2D eigenvalue weighted by molar-refractivity contribution is 6.47. The monoisotopic (exact) mass is 385 g/mol. The molecule has 2 atom stereocenters. The van der Waals surface area contributed by atoms with Crippen molar-refractivity contribution in [2.75, 3.05) is 6.54 Å². The number of hydrogen-bond donors (Lipinski definition) is 2. The highest BCUT2D eigenvalue weighted by Crippen LogP contribution is 2.41. The number of aliphatic hydroxyl groups excluding tert-OH is 2. The Kier molecular flexibility index (Phi) is 5.35. The summed E-state index contributed by atoms with van der Waals surface area (Å²) in [6.45, 7) is 3.39. The molecule has 1 saturated heterocycles. The fraction of sp³-hybridized carbons (Fsp3) is 0.238. The summed E-state index contributed by atoms with van der Waals surface area (Å²) in [7, 11) is 0. The summed E-state index contributed by atoms with van der Waals surface area (Å²) in [5.74, 6) is -1.82. The Hall–Kier alpha value is -2.63. The van der Waals surface area contributed by atoms with E-state index >= 15 is 0 Å². The fourth-order valence-corrected chi connectivity index (χ4v) is 3.48. The van der Waals surface area contributed by atoms with Crippen LogP contribution in [0.2, 0.25) is 5.02 Å². The number of aryl methyl sites for hydroxylation is 1. The fourth-order valence-electron chi connectivity index (χ4n) is 3.24. The number of halogens is 1. The van der Waals surface area contributed by atoms with Crippen molar-refractivity contribution in [2.45, 2.75) is 26.0 Å². The summed E-state index contributed by atoms with van der Waals surface area (Å²) in [5.41, 5.74) is 1.93. The third kappa shape index (κ3) is 3.61. The molecule has 1 aliphatic heterocycles. The average molecular weight is 386 g/mol. The number of carbonyl (C=O) groups excluding carboxylic acids is 2. The van der Waals surface area contributed by atoms with Crippen molar-refractivity contribution in [1.29, 1.82) is 0 Å². The van der Waals surface area contributed by atoms with Crippen molar-refractivity contribution in [3.8, 4) is 0 Å². The first-order valence-corrected chi connectivity index (χ1v) is 8.97. The number of Topliss-reactive ketones (excluding diaryl/α,β-unsaturated/α-hetero) is 1. The number of hydrogen-bond acceptors (Lipinski definition) is 4. The highest BCUT2D eigenvalue weighted by Gasteiger charge is 2.46. The number of amides is 1. The van der Waals surface area contributed by atoms with Crippen molar-refractivity contribution in [1.82, 2.24) is 4.90 Å². The smallest absolute Gasteiger partial charge is 0.295 e. The minimum Gasteiger partial charge on any atom is -0.507 e. The molecule has 140 valence electrons. The lowest BCUT2D eigenvalue weighted by molar-refractivity contribution is -0.140. The molecule has 0 aromatic heterocycles. The number of benzene rings is 2. The zero-order valence-corrected chi connectivity index (χ0v) is 15.8. The molecule has 0 aliphatic carbocycles. The lowest BCUT2D eigenvalue weighted by Gasteiger charge is -2.27. The summed E-state index contributed by atoms with van der Waals surface area (Å²) >= 11 is 6.32. The van der Waals surface area contributed by atoms with Crippen LogP contribution in [0.5, 0.6) is 0 Å². The molecule has 27 heavy (non-hydrogen) atoms. The van der Waals surface area contributed by atoms with Crippen LogP contribution in [0.15, 0.2) is 54.1 Å². The molecule has 0 spiro atoms. The van der Waals surface area contributed by atoms with Gasteiger partial charge < -0.3 is 15.1 Å². The molecule has 5 nitrogen and oxygen atoms in total. The van der Waals surface area contributed by atoms with Gasteiger partial charge in [0.05, 0.1) is 17.7 Å². The molecule has 0 radical (unpaired) electrons. The van der Waals surface area contributed by atoms with Gasteiger partial charge >= 0.3 is 0 Å². The Morgan fingerprint density at radius 1 is 1.15 bits per heavy atom. The van der Waals surface area contributed by atoms with Gasteiger partial charge in [-0.3, -0.25) is 9.59 Å². The van der Waals surface area contributed by atoms with Crippen molar-refractivity contribution < 1.29 is 19.8 Å². The Morgan fingerprint density at radius 3 is 2.37 bits per heavy atom. The standard InChI is InChI=1S/C21H20ClNO4/c1-12-7-9-14(10-8-12)19(25)17-18(15-5-3-4-6-16(15)22)23(11-13(2)24)21(27)20(17)26/h3-10,13,18,24-25H,11H2,1-2H3. The number of rotatable bonds is 4. The zero-order chi connectivity index (χ0) is 19.7. The number of β-amino-alcohol motifs (C(OH)–C–C–N with tert-alkyl or cyclic N) is 1. The van der Waals surface area contributed by atoms with E-state index in [-0.39, 0.29) is 17.9 Å². The molecule has 0 saturated carbocycles. The summed E-state index contributed by atoms with van der Waals surface area (Å²) in [6, 6.07) is 13.0. The second-order valence-corrected chi connectivity index (χ2v) is 7.10. The van der Waals surface area contributed by atoms with E-state index in [4.69, 9.17) is 11.6 Å². The summed E-state index contributed by atoms with van der Waals surface area (Å²) in [5, 5.41) is 21.0. The average Bonchev–Trinajstić information content (AvgIpc) is 2.86. The first-order chi connectivity index (χ1) is 12.8. The SMILES string of the molecule is Cc1ccc(C(O)=C2C(=O)C(=O)N(CC(C)O)C2c2ccccc2Cl)cc1. The third-order valence-electron chi connectivity index (χ3n) is 4.53. The molecule has 1 aliphatic rings. The van der Waals surface area contributed by atoms with Crippen LogP contribution < -0.4 is 0 Å². The topological polar surface area (TPSA) is 77.8 Å². The van der Waals surface area contributed by atoms with E-state index in [0.29, 0.717) is 16.1 Å². The van der Waals surface area contributed by atoms with Gasteiger partial charge in [-0.25, -0.2) is 0 Å². The predicted octanol–water partition coefficient (Wildman–Crippen LogP) is 3.45. The molecule has 2 N–H and O–H groups in total. The van der Waals surface area contributed by atoms with Crippen LogP contribution in [-0.4, -0.2) is 39.5 Å². The van der Waals surface area contributed by atoms with Crippen molar-refractivity contribution in [2.24, 2.45) is 0 Å². The van der Waals surface area contributed by atoms with Crippen molar-refractivity contribution in [3.05, 3.63) is 75.8 Å². The molecule has 0 bridgehead atoms. The molecule has 3 rings (SSSR count). The molecule has 2 unspecified atom stereocenters. The summed E-state index contributed by atoms with van der Waals surface area (Å²) in [6.07, 6.45) is -0.840. The maximum absolute atomic E-state index is 12.7. The van der Waals surface area contributed by atoms with Gasteiger partial charge in [-0.05, 0) is 25.5 Å². The van der Waals surface area contributed by atoms with Crippen LogP contribution in [0.1, 0.15) is 29.7 Å². The summed E-state index contributed by atoms with van der Waals surface area (Å²) < 4.78 is 0. The van der Waals surface area contributed by atoms with Gasteiger partial charge in [-0.1, -0.05) is 59.6 Å². The minimum atomic E-state index is -0.866. The number of likely N-dealkylation sites (tertiary alicyclic amines) is 1. The number of aliphatic hydroxyl groups is 2. The lowest BCUT2D eigenvalue weighted by Crippen LogP contribution is -2.35. The van der Waals surface area contributed by atoms with E-state index in [1.54, 1.807) is 36.4 Å². The van der Waals surface area contributed by atoms with Gasteiger partial charge in [0.15, 0.2) is 0 Å². The predicted molar refractivity (Wildman–Crippen MR) is 103 cm³/mol. The normalized spacial score (nSPS) is 20.1. The van der Waals surface area contributed by atoms with Gasteiger partial charge in [0, 0.05) is 17.1 Å². The first kappa shape index (κ1) is 19.1. The number of ketones is 1. The molecule has 1 heterocycles. The molecule has 2 aromatic carbocycles. The zero-order valence-electron chi connectivity index (χ0n) is 15.0. The second-order valence-electron chi connectivity index (χ2n) is 6.69. The molecule has 1 fully saturated rings. The lowest BCUT2D eigenvalue weighted by atomic mass is 9.95. The van der Waals surface area contributed by atoms with Crippen LogP contribution in [0, 0.1) is 6.92 Å². The first-order valence-electron chi connectivity index (χ1n) is 8.59. The Labute approximate surface area is 162 Å². The Balaban J connectivity index is 2.21. The van der Waals surface area contributed by atoms with Crippen molar-refractivity contribution in [3.63, 3.8) is 0 Å². The Bertz CT molecular complexity index is 918. The molecular weight excluding hydrogens is 366 g/mol. The van der Waals surface area contributed by atoms with E-state index in [9.17, 15) is 19.8 Å². The highest BCUT2D eigenvalue weighted by atomic mass is 35.5. The maximum Gasteiger partial charge on any atom is 0.295 e. The van der Waals surface area contributed by atoms with Gasteiger partial charge in [0.25, 0.3) is 11.7 Å². The third-order valence-corrected chi connectivity index (χ3v) is 4.87. The van der Waals surface area contributed by atoms with Crippen molar-refractivity contribution >= 4 is 29.1 Å². The quantitative estimate of drug-likeness (QED) is 0.480. The van der Waals surface area contributed by atoms with E-state index in [0.717, 1.165) is 5.56 Å². The van der Waals surface area contributed by atoms with Gasteiger partial charge in [0.2, 0.25) is 0 Å². The molecule has 6 heteroatoms. The van der Waals surface area contributed by atoms with E-state index in [1.165, 1.54) is 11.8 Å². The van der Waals surface area contributed by atoms with E-state index < -0.39 is 23.8 Å². The number of nitrogens with zero attached hydrogens (tertiary/aromatic N) is 1. The maximum atomic E-state index is 12.7.